The summed E-state index contributed by atoms with van der Waals surface area (Å²) in [6.07, 6.45) is 3.80. The lowest BCUT2D eigenvalue weighted by Gasteiger charge is -2.28. The number of benzene rings is 2. The Kier molecular flexibility index (Phi) is 6.38. The van der Waals surface area contributed by atoms with Crippen LogP contribution in [0.4, 0.5) is 11.4 Å². The van der Waals surface area contributed by atoms with E-state index in [1.807, 2.05) is 50.2 Å². The molecule has 2 heterocycles. The average Bonchev–Trinajstić information content (AvgIpc) is 3.23. The van der Waals surface area contributed by atoms with Crippen LogP contribution in [0, 0.1) is 6.92 Å². The molecule has 0 bridgehead atoms. The third-order valence-electron chi connectivity index (χ3n) is 5.28. The second kappa shape index (κ2) is 9.34. The van der Waals surface area contributed by atoms with Gasteiger partial charge in [-0.15, -0.1) is 10.2 Å². The number of piperidine rings is 1. The Balaban J connectivity index is 1.34. The molecular formula is C23H26N4O2S. The number of rotatable bonds is 6. The Morgan fingerprint density at radius 2 is 1.80 bits per heavy atom. The van der Waals surface area contributed by atoms with Crippen molar-refractivity contribution in [1.82, 2.24) is 10.2 Å². The highest BCUT2D eigenvalue weighted by Crippen LogP contribution is 2.28. The summed E-state index contributed by atoms with van der Waals surface area (Å²) in [6.45, 7) is 6.04. The summed E-state index contributed by atoms with van der Waals surface area (Å²) < 4.78 is 5.76. The van der Waals surface area contributed by atoms with E-state index >= 15 is 0 Å². The maximum atomic E-state index is 12.6. The minimum Gasteiger partial charge on any atom is -0.411 e. The second-order valence-corrected chi connectivity index (χ2v) is 8.82. The fraction of sp³-hybridized carbons (Fsp3) is 0.348. The molecule has 1 atom stereocenters. The molecule has 156 valence electrons. The van der Waals surface area contributed by atoms with Gasteiger partial charge in [-0.25, -0.2) is 0 Å². The van der Waals surface area contributed by atoms with Gasteiger partial charge in [0.25, 0.3) is 5.22 Å². The van der Waals surface area contributed by atoms with E-state index in [0.29, 0.717) is 11.1 Å². The molecule has 2 aromatic carbocycles. The molecule has 1 amide bonds. The Bertz CT molecular complexity index is 996. The molecule has 0 unspecified atom stereocenters. The summed E-state index contributed by atoms with van der Waals surface area (Å²) in [6, 6.07) is 15.9. The van der Waals surface area contributed by atoms with Crippen LogP contribution in [0.25, 0.3) is 11.5 Å². The van der Waals surface area contributed by atoms with Crippen molar-refractivity contribution in [2.24, 2.45) is 0 Å². The molecule has 1 aliphatic heterocycles. The first-order valence-corrected chi connectivity index (χ1v) is 11.2. The van der Waals surface area contributed by atoms with Crippen molar-refractivity contribution in [3.63, 3.8) is 0 Å². The lowest BCUT2D eigenvalue weighted by atomic mass is 10.1. The monoisotopic (exact) mass is 422 g/mol. The van der Waals surface area contributed by atoms with Gasteiger partial charge < -0.3 is 14.6 Å². The SMILES string of the molecule is Cc1ccccc1-c1nnc(S[C@@H](C)C(=O)Nc2ccc(N3CCCCC3)cc2)o1. The van der Waals surface area contributed by atoms with Gasteiger partial charge in [-0.1, -0.05) is 30.0 Å². The Hall–Kier alpha value is -2.80. The smallest absolute Gasteiger partial charge is 0.277 e. The van der Waals surface area contributed by atoms with Crippen LogP contribution in [0.15, 0.2) is 58.2 Å². The number of nitrogens with zero attached hydrogens (tertiary/aromatic N) is 3. The summed E-state index contributed by atoms with van der Waals surface area (Å²) in [5.41, 5.74) is 3.98. The summed E-state index contributed by atoms with van der Waals surface area (Å²) in [5.74, 6) is 0.373. The van der Waals surface area contributed by atoms with E-state index in [9.17, 15) is 4.79 Å². The lowest BCUT2D eigenvalue weighted by Crippen LogP contribution is -2.29. The fourth-order valence-electron chi connectivity index (χ4n) is 3.54. The number of aryl methyl sites for hydroxylation is 1. The maximum Gasteiger partial charge on any atom is 0.277 e. The van der Waals surface area contributed by atoms with Gasteiger partial charge in [-0.05, 0) is 69.0 Å². The van der Waals surface area contributed by atoms with E-state index in [1.54, 1.807) is 0 Å². The average molecular weight is 423 g/mol. The number of nitrogens with one attached hydrogen (secondary N) is 1. The lowest BCUT2D eigenvalue weighted by molar-refractivity contribution is -0.115. The van der Waals surface area contributed by atoms with Crippen LogP contribution in [0.1, 0.15) is 31.7 Å². The van der Waals surface area contributed by atoms with Gasteiger partial charge in [0.2, 0.25) is 11.8 Å². The minimum absolute atomic E-state index is 0.0960. The molecule has 0 radical (unpaired) electrons. The number of carbonyl (C=O) groups excluding carboxylic acids is 1. The zero-order valence-electron chi connectivity index (χ0n) is 17.3. The number of aromatic nitrogens is 2. The molecule has 1 fully saturated rings. The first-order valence-electron chi connectivity index (χ1n) is 10.3. The van der Waals surface area contributed by atoms with E-state index in [2.05, 4.69) is 32.5 Å². The predicted octanol–water partition coefficient (Wildman–Crippen LogP) is 5.15. The van der Waals surface area contributed by atoms with Crippen LogP contribution < -0.4 is 10.2 Å². The van der Waals surface area contributed by atoms with Gasteiger partial charge in [0.15, 0.2) is 0 Å². The van der Waals surface area contributed by atoms with Crippen molar-refractivity contribution >= 4 is 29.0 Å². The topological polar surface area (TPSA) is 71.3 Å². The normalized spacial score (nSPS) is 15.1. The van der Waals surface area contributed by atoms with E-state index < -0.39 is 0 Å². The van der Waals surface area contributed by atoms with Crippen molar-refractivity contribution in [2.45, 2.75) is 43.6 Å². The van der Waals surface area contributed by atoms with Gasteiger partial charge in [-0.2, -0.15) is 0 Å². The van der Waals surface area contributed by atoms with Crippen LogP contribution in [-0.2, 0) is 4.79 Å². The van der Waals surface area contributed by atoms with Crippen molar-refractivity contribution in [3.05, 3.63) is 54.1 Å². The van der Waals surface area contributed by atoms with Crippen LogP contribution in [0.5, 0.6) is 0 Å². The first kappa shape index (κ1) is 20.5. The number of hydrogen-bond donors (Lipinski definition) is 1. The van der Waals surface area contributed by atoms with E-state index in [1.165, 1.54) is 36.7 Å². The zero-order chi connectivity index (χ0) is 20.9. The first-order chi connectivity index (χ1) is 14.6. The van der Waals surface area contributed by atoms with Crippen molar-refractivity contribution < 1.29 is 9.21 Å². The molecule has 1 N–H and O–H groups in total. The minimum atomic E-state index is -0.364. The van der Waals surface area contributed by atoms with Gasteiger partial charge >= 0.3 is 0 Å². The molecule has 6 nitrogen and oxygen atoms in total. The molecule has 1 aliphatic rings. The number of hydrogen-bond acceptors (Lipinski definition) is 6. The third kappa shape index (κ3) is 4.84. The largest absolute Gasteiger partial charge is 0.411 e. The van der Waals surface area contributed by atoms with Gasteiger partial charge in [0, 0.05) is 30.0 Å². The summed E-state index contributed by atoms with van der Waals surface area (Å²) in [5, 5.41) is 11.2. The Labute approximate surface area is 181 Å². The molecule has 4 rings (SSSR count). The van der Waals surface area contributed by atoms with Crippen LogP contribution >= 0.6 is 11.8 Å². The number of thioether (sulfide) groups is 1. The van der Waals surface area contributed by atoms with E-state index in [-0.39, 0.29) is 11.2 Å². The fourth-order valence-corrected chi connectivity index (χ4v) is 4.22. The van der Waals surface area contributed by atoms with Gasteiger partial charge in [-0.3, -0.25) is 4.79 Å². The van der Waals surface area contributed by atoms with Gasteiger partial charge in [0.05, 0.1) is 5.25 Å². The number of carbonyl (C=O) groups is 1. The number of amides is 1. The summed E-state index contributed by atoms with van der Waals surface area (Å²) in [7, 11) is 0. The molecule has 0 saturated carbocycles. The standard InChI is InChI=1S/C23H26N4O2S/c1-16-8-4-5-9-20(16)22-25-26-23(29-22)30-17(2)21(28)24-18-10-12-19(13-11-18)27-14-6-3-7-15-27/h4-5,8-13,17H,3,6-7,14-15H2,1-2H3,(H,24,28)/t17-/m0/s1. The molecule has 7 heteroatoms. The highest BCUT2D eigenvalue weighted by Gasteiger charge is 2.19. The van der Waals surface area contributed by atoms with Crippen LogP contribution in [0.3, 0.4) is 0 Å². The zero-order valence-corrected chi connectivity index (χ0v) is 18.1. The predicted molar refractivity (Wildman–Crippen MR) is 121 cm³/mol. The van der Waals surface area contributed by atoms with E-state index in [0.717, 1.165) is 29.9 Å². The Morgan fingerprint density at radius 1 is 1.07 bits per heavy atom. The molecule has 30 heavy (non-hydrogen) atoms. The van der Waals surface area contributed by atoms with Crippen LogP contribution in [0.2, 0.25) is 0 Å². The van der Waals surface area contributed by atoms with E-state index in [4.69, 9.17) is 4.42 Å². The third-order valence-corrected chi connectivity index (χ3v) is 6.22. The van der Waals surface area contributed by atoms with Crippen molar-refractivity contribution in [1.29, 1.82) is 0 Å². The molecule has 0 aliphatic carbocycles. The van der Waals surface area contributed by atoms with Crippen molar-refractivity contribution in [3.8, 4) is 11.5 Å². The molecular weight excluding hydrogens is 396 g/mol. The second-order valence-electron chi connectivity index (χ2n) is 7.53. The quantitative estimate of drug-likeness (QED) is 0.554. The van der Waals surface area contributed by atoms with Gasteiger partial charge in [0.1, 0.15) is 0 Å². The van der Waals surface area contributed by atoms with Crippen LogP contribution in [-0.4, -0.2) is 34.4 Å². The molecule has 3 aromatic rings. The van der Waals surface area contributed by atoms with Crippen molar-refractivity contribution in [2.75, 3.05) is 23.3 Å². The number of anilines is 2. The molecule has 1 saturated heterocycles. The highest BCUT2D eigenvalue weighted by atomic mass is 32.2. The Morgan fingerprint density at radius 3 is 2.53 bits per heavy atom. The summed E-state index contributed by atoms with van der Waals surface area (Å²) >= 11 is 1.26. The highest BCUT2D eigenvalue weighted by molar-refractivity contribution is 8.00. The molecule has 1 aromatic heterocycles. The summed E-state index contributed by atoms with van der Waals surface area (Å²) in [4.78, 5) is 15.0. The molecule has 0 spiro atoms. The maximum absolute atomic E-state index is 12.6.